The van der Waals surface area contributed by atoms with E-state index in [1.54, 1.807) is 0 Å². The summed E-state index contributed by atoms with van der Waals surface area (Å²) in [6.45, 7) is 6.24. The first kappa shape index (κ1) is 16.8. The van der Waals surface area contributed by atoms with Gasteiger partial charge in [0, 0.05) is 12.6 Å². The summed E-state index contributed by atoms with van der Waals surface area (Å²) in [7, 11) is 0. The van der Waals surface area contributed by atoms with E-state index in [0.29, 0.717) is 18.8 Å². The molecule has 1 unspecified atom stereocenters. The molecule has 20 heavy (non-hydrogen) atoms. The molecule has 0 aromatic heterocycles. The summed E-state index contributed by atoms with van der Waals surface area (Å²) >= 11 is 0. The molecule has 0 heterocycles. The topological polar surface area (TPSA) is 78.4 Å². The quantitative estimate of drug-likeness (QED) is 0.679. The molecule has 3 N–H and O–H groups in total. The molecule has 0 radical (unpaired) electrons. The van der Waals surface area contributed by atoms with Crippen LogP contribution in [0.3, 0.4) is 0 Å². The summed E-state index contributed by atoms with van der Waals surface area (Å²) in [5.74, 6) is -0.427. The number of aliphatic carboxylic acids is 1. The zero-order valence-corrected chi connectivity index (χ0v) is 12.9. The third-order valence-corrected chi connectivity index (χ3v) is 4.46. The fourth-order valence-corrected chi connectivity index (χ4v) is 2.55. The van der Waals surface area contributed by atoms with Crippen molar-refractivity contribution in [2.24, 2.45) is 11.3 Å². The Balaban J connectivity index is 2.54. The molecule has 1 fully saturated rings. The van der Waals surface area contributed by atoms with Crippen molar-refractivity contribution < 1.29 is 14.7 Å². The highest BCUT2D eigenvalue weighted by atomic mass is 16.4. The molecule has 1 atom stereocenters. The van der Waals surface area contributed by atoms with E-state index in [9.17, 15) is 14.7 Å². The third-order valence-electron chi connectivity index (χ3n) is 4.46. The highest BCUT2D eigenvalue weighted by Crippen LogP contribution is 2.34. The molecule has 0 bridgehead atoms. The van der Waals surface area contributed by atoms with Gasteiger partial charge >= 0.3 is 12.0 Å². The lowest BCUT2D eigenvalue weighted by atomic mass is 9.80. The Labute approximate surface area is 121 Å². The lowest BCUT2D eigenvalue weighted by Crippen LogP contribution is -2.48. The first-order chi connectivity index (χ1) is 9.37. The minimum atomic E-state index is -0.783. The Morgan fingerprint density at radius 2 is 1.65 bits per heavy atom. The molecular formula is C15H28N2O3. The van der Waals surface area contributed by atoms with Crippen molar-refractivity contribution in [2.45, 2.75) is 65.3 Å². The van der Waals surface area contributed by atoms with Crippen LogP contribution in [-0.2, 0) is 4.79 Å². The van der Waals surface area contributed by atoms with Crippen LogP contribution < -0.4 is 10.6 Å². The van der Waals surface area contributed by atoms with Gasteiger partial charge < -0.3 is 15.7 Å². The number of carboxylic acids is 1. The van der Waals surface area contributed by atoms with Gasteiger partial charge in [0.15, 0.2) is 0 Å². The second kappa shape index (κ2) is 7.50. The van der Waals surface area contributed by atoms with Gasteiger partial charge in [-0.05, 0) is 25.7 Å². The van der Waals surface area contributed by atoms with Crippen LogP contribution in [0.5, 0.6) is 0 Å². The molecule has 5 heteroatoms. The molecule has 0 aromatic carbocycles. The number of carboxylic acid groups (broad SMARTS) is 1. The summed E-state index contributed by atoms with van der Waals surface area (Å²) in [6.07, 6.45) is 5.35. The maximum absolute atomic E-state index is 11.8. The second-order valence-electron chi connectivity index (χ2n) is 6.36. The first-order valence-electron chi connectivity index (χ1n) is 7.65. The largest absolute Gasteiger partial charge is 0.481 e. The molecule has 0 saturated heterocycles. The molecule has 1 rings (SSSR count). The van der Waals surface area contributed by atoms with E-state index in [-0.39, 0.29) is 18.6 Å². The van der Waals surface area contributed by atoms with Crippen molar-refractivity contribution in [2.75, 3.05) is 6.54 Å². The summed E-state index contributed by atoms with van der Waals surface area (Å²) in [6, 6.07) is -0.194. The van der Waals surface area contributed by atoms with E-state index in [2.05, 4.69) is 10.6 Å². The fraction of sp³-hybridized carbons (Fsp3) is 0.867. The summed E-state index contributed by atoms with van der Waals surface area (Å²) in [5, 5.41) is 15.1. The number of rotatable bonds is 5. The minimum Gasteiger partial charge on any atom is -0.481 e. The van der Waals surface area contributed by atoms with Crippen LogP contribution in [0.2, 0.25) is 0 Å². The molecule has 116 valence electrons. The van der Waals surface area contributed by atoms with Crippen molar-refractivity contribution in [3.63, 3.8) is 0 Å². The zero-order chi connectivity index (χ0) is 15.2. The van der Waals surface area contributed by atoms with Crippen LogP contribution >= 0.6 is 0 Å². The van der Waals surface area contributed by atoms with Gasteiger partial charge in [-0.15, -0.1) is 0 Å². The van der Waals surface area contributed by atoms with Crippen LogP contribution in [0, 0.1) is 11.3 Å². The molecular weight excluding hydrogens is 256 g/mol. The Morgan fingerprint density at radius 1 is 1.10 bits per heavy atom. The fourth-order valence-electron chi connectivity index (χ4n) is 2.55. The van der Waals surface area contributed by atoms with Gasteiger partial charge in [0.05, 0.1) is 5.41 Å². The van der Waals surface area contributed by atoms with Gasteiger partial charge in [-0.3, -0.25) is 4.79 Å². The van der Waals surface area contributed by atoms with Gasteiger partial charge in [0.2, 0.25) is 0 Å². The van der Waals surface area contributed by atoms with E-state index in [4.69, 9.17) is 0 Å². The number of hydrogen-bond donors (Lipinski definition) is 3. The van der Waals surface area contributed by atoms with E-state index < -0.39 is 11.4 Å². The predicted molar refractivity (Wildman–Crippen MR) is 78.6 cm³/mol. The van der Waals surface area contributed by atoms with Crippen LogP contribution in [0.25, 0.3) is 0 Å². The maximum atomic E-state index is 11.8. The van der Waals surface area contributed by atoms with Crippen LogP contribution in [-0.4, -0.2) is 29.7 Å². The molecule has 1 aliphatic carbocycles. The zero-order valence-electron chi connectivity index (χ0n) is 12.9. The summed E-state index contributed by atoms with van der Waals surface area (Å²) in [4.78, 5) is 23.4. The van der Waals surface area contributed by atoms with Gasteiger partial charge in [-0.2, -0.15) is 0 Å². The monoisotopic (exact) mass is 284 g/mol. The first-order valence-corrected chi connectivity index (χ1v) is 7.65. The highest BCUT2D eigenvalue weighted by molar-refractivity contribution is 5.78. The number of carbonyl (C=O) groups excluding carboxylic acids is 1. The molecule has 5 nitrogen and oxygen atoms in total. The number of urea groups is 1. The second-order valence-corrected chi connectivity index (χ2v) is 6.36. The Bertz CT molecular complexity index is 334. The minimum absolute atomic E-state index is 0.0740. The normalized spacial score (nSPS) is 20.0. The van der Waals surface area contributed by atoms with E-state index >= 15 is 0 Å². The number of carbonyl (C=O) groups is 2. The average Bonchev–Trinajstić information content (AvgIpc) is 2.62. The Kier molecular flexibility index (Phi) is 6.30. The van der Waals surface area contributed by atoms with Gasteiger partial charge in [0.1, 0.15) is 0 Å². The molecule has 1 saturated carbocycles. The molecule has 0 spiro atoms. The lowest BCUT2D eigenvalue weighted by Gasteiger charge is -2.28. The van der Waals surface area contributed by atoms with Crippen molar-refractivity contribution >= 4 is 12.0 Å². The van der Waals surface area contributed by atoms with Crippen molar-refractivity contribution in [3.8, 4) is 0 Å². The highest BCUT2D eigenvalue weighted by Gasteiger charge is 2.38. The molecule has 0 aliphatic heterocycles. The van der Waals surface area contributed by atoms with Crippen molar-refractivity contribution in [1.29, 1.82) is 0 Å². The molecule has 2 amide bonds. The number of amides is 2. The third kappa shape index (κ3) is 4.69. The average molecular weight is 284 g/mol. The van der Waals surface area contributed by atoms with Crippen molar-refractivity contribution in [1.82, 2.24) is 10.6 Å². The molecule has 0 aromatic rings. The predicted octanol–water partition coefficient (Wildman–Crippen LogP) is 2.76. The maximum Gasteiger partial charge on any atom is 0.315 e. The Hall–Kier alpha value is -1.26. The number of hydrogen-bond acceptors (Lipinski definition) is 2. The van der Waals surface area contributed by atoms with E-state index in [0.717, 1.165) is 25.7 Å². The summed E-state index contributed by atoms with van der Waals surface area (Å²) in [5.41, 5.74) is -0.783. The van der Waals surface area contributed by atoms with Gasteiger partial charge in [-0.1, -0.05) is 39.5 Å². The van der Waals surface area contributed by atoms with E-state index in [1.807, 2.05) is 20.8 Å². The molecule has 1 aliphatic rings. The van der Waals surface area contributed by atoms with Crippen LogP contribution in [0.1, 0.15) is 59.3 Å². The standard InChI is InChI=1S/C15H28N2O3/c1-11(2)12(3)17-14(20)16-10-15(13(18)19)8-6-4-5-7-9-15/h11-12H,4-10H2,1-3H3,(H,18,19)(H2,16,17,20). The SMILES string of the molecule is CC(C)C(C)NC(=O)NCC1(C(=O)O)CCCCCC1. The van der Waals surface area contributed by atoms with Crippen molar-refractivity contribution in [3.05, 3.63) is 0 Å². The van der Waals surface area contributed by atoms with Crippen LogP contribution in [0.4, 0.5) is 4.79 Å². The van der Waals surface area contributed by atoms with E-state index in [1.165, 1.54) is 0 Å². The smallest absolute Gasteiger partial charge is 0.315 e. The van der Waals surface area contributed by atoms with Crippen LogP contribution in [0.15, 0.2) is 0 Å². The lowest BCUT2D eigenvalue weighted by molar-refractivity contribution is -0.149. The number of nitrogens with one attached hydrogen (secondary N) is 2. The summed E-state index contributed by atoms with van der Waals surface area (Å²) < 4.78 is 0. The van der Waals surface area contributed by atoms with Gasteiger partial charge in [0.25, 0.3) is 0 Å². The van der Waals surface area contributed by atoms with Gasteiger partial charge in [-0.25, -0.2) is 4.79 Å². The Morgan fingerprint density at radius 3 is 2.10 bits per heavy atom.